The monoisotopic (exact) mass is 433 g/mol. The van der Waals surface area contributed by atoms with E-state index in [1.165, 1.54) is 5.57 Å². The van der Waals surface area contributed by atoms with Gasteiger partial charge in [-0.1, -0.05) is 17.7 Å². The van der Waals surface area contributed by atoms with Crippen LogP contribution in [0, 0.1) is 0 Å². The molecule has 0 aliphatic carbocycles. The standard InChI is InChI=1S/C26H35N5O/c1-25(2)15-19(16-26(3,4)30-25)14-24(32)31-13-7-8-20(18-31)22-11-10-21(17-28-22)29-23-9-5-6-12-27-23/h5-6,9-12,15,17,20,30H,7-8,13-14,16,18H2,1-4H3,(H,27,29)/t20-/m1/s1. The van der Waals surface area contributed by atoms with E-state index >= 15 is 0 Å². The van der Waals surface area contributed by atoms with Crippen LogP contribution in [-0.2, 0) is 4.79 Å². The van der Waals surface area contributed by atoms with Crippen LogP contribution in [0.4, 0.5) is 11.5 Å². The van der Waals surface area contributed by atoms with E-state index in [4.69, 9.17) is 4.98 Å². The Kier molecular flexibility index (Phi) is 6.33. The molecule has 1 amide bonds. The molecule has 6 heteroatoms. The first-order valence-electron chi connectivity index (χ1n) is 11.6. The van der Waals surface area contributed by atoms with E-state index in [0.717, 1.165) is 49.6 Å². The molecular weight excluding hydrogens is 398 g/mol. The highest BCUT2D eigenvalue weighted by molar-refractivity contribution is 5.79. The van der Waals surface area contributed by atoms with Crippen LogP contribution in [0.5, 0.6) is 0 Å². The molecule has 0 bridgehead atoms. The fraction of sp³-hybridized carbons (Fsp3) is 0.500. The highest BCUT2D eigenvalue weighted by atomic mass is 16.2. The zero-order valence-corrected chi connectivity index (χ0v) is 19.7. The molecule has 170 valence electrons. The van der Waals surface area contributed by atoms with Gasteiger partial charge in [-0.2, -0.15) is 0 Å². The van der Waals surface area contributed by atoms with Crippen LogP contribution in [0.1, 0.15) is 65.0 Å². The molecular formula is C26H35N5O. The Labute approximate surface area is 191 Å². The maximum atomic E-state index is 13.1. The first-order chi connectivity index (χ1) is 15.2. The molecule has 1 fully saturated rings. The summed E-state index contributed by atoms with van der Waals surface area (Å²) in [6, 6.07) is 9.89. The number of likely N-dealkylation sites (tertiary alicyclic amines) is 1. The minimum atomic E-state index is -0.0865. The average Bonchev–Trinajstić information content (AvgIpc) is 2.73. The van der Waals surface area contributed by atoms with Gasteiger partial charge >= 0.3 is 0 Å². The summed E-state index contributed by atoms with van der Waals surface area (Å²) in [5.41, 5.74) is 3.13. The molecule has 0 unspecified atom stereocenters. The van der Waals surface area contributed by atoms with Gasteiger partial charge in [-0.15, -0.1) is 0 Å². The average molecular weight is 434 g/mol. The van der Waals surface area contributed by atoms with Crippen molar-refractivity contribution in [1.82, 2.24) is 20.2 Å². The Hall–Kier alpha value is -2.73. The number of nitrogens with zero attached hydrogens (tertiary/aromatic N) is 3. The summed E-state index contributed by atoms with van der Waals surface area (Å²) < 4.78 is 0. The van der Waals surface area contributed by atoms with Crippen molar-refractivity contribution in [2.45, 2.75) is 70.4 Å². The Morgan fingerprint density at radius 3 is 2.72 bits per heavy atom. The predicted molar refractivity (Wildman–Crippen MR) is 129 cm³/mol. The molecule has 0 radical (unpaired) electrons. The molecule has 1 saturated heterocycles. The van der Waals surface area contributed by atoms with E-state index in [9.17, 15) is 4.79 Å². The molecule has 1 atom stereocenters. The molecule has 32 heavy (non-hydrogen) atoms. The van der Waals surface area contributed by atoms with Crippen LogP contribution in [-0.4, -0.2) is 44.9 Å². The van der Waals surface area contributed by atoms with Crippen molar-refractivity contribution >= 4 is 17.4 Å². The van der Waals surface area contributed by atoms with Gasteiger partial charge in [0, 0.05) is 48.4 Å². The van der Waals surface area contributed by atoms with Crippen LogP contribution in [0.15, 0.2) is 54.4 Å². The lowest BCUT2D eigenvalue weighted by molar-refractivity contribution is -0.131. The number of piperidine rings is 1. The molecule has 6 nitrogen and oxygen atoms in total. The number of aromatic nitrogens is 2. The summed E-state index contributed by atoms with van der Waals surface area (Å²) in [5, 5.41) is 6.91. The molecule has 2 aliphatic rings. The number of nitrogens with one attached hydrogen (secondary N) is 2. The maximum absolute atomic E-state index is 13.1. The fourth-order valence-corrected chi connectivity index (χ4v) is 5.25. The number of anilines is 2. The Morgan fingerprint density at radius 2 is 2.03 bits per heavy atom. The van der Waals surface area contributed by atoms with E-state index in [-0.39, 0.29) is 22.9 Å². The number of amides is 1. The quantitative estimate of drug-likeness (QED) is 0.663. The van der Waals surface area contributed by atoms with Crippen LogP contribution in [0.25, 0.3) is 0 Å². The lowest BCUT2D eigenvalue weighted by Crippen LogP contribution is -2.54. The summed E-state index contributed by atoms with van der Waals surface area (Å²) >= 11 is 0. The van der Waals surface area contributed by atoms with Crippen molar-refractivity contribution in [2.75, 3.05) is 18.4 Å². The third-order valence-electron chi connectivity index (χ3n) is 6.19. The molecule has 2 N–H and O–H groups in total. The van der Waals surface area contributed by atoms with Gasteiger partial charge in [-0.3, -0.25) is 9.78 Å². The molecule has 4 heterocycles. The minimum Gasteiger partial charge on any atom is -0.342 e. The number of rotatable bonds is 5. The summed E-state index contributed by atoms with van der Waals surface area (Å²) in [5.74, 6) is 1.32. The summed E-state index contributed by atoms with van der Waals surface area (Å²) in [4.78, 5) is 24.2. The molecule has 2 aromatic heterocycles. The largest absolute Gasteiger partial charge is 0.342 e. The third-order valence-corrected chi connectivity index (χ3v) is 6.19. The van der Waals surface area contributed by atoms with Gasteiger partial charge in [0.05, 0.1) is 11.9 Å². The molecule has 0 aromatic carbocycles. The topological polar surface area (TPSA) is 70.2 Å². The van der Waals surface area contributed by atoms with Crippen LogP contribution < -0.4 is 10.6 Å². The van der Waals surface area contributed by atoms with Crippen LogP contribution in [0.2, 0.25) is 0 Å². The molecule has 2 aromatic rings. The van der Waals surface area contributed by atoms with Gasteiger partial charge in [0.2, 0.25) is 5.91 Å². The highest BCUT2D eigenvalue weighted by Crippen LogP contribution is 2.31. The second kappa shape index (κ2) is 9.02. The second-order valence-electron chi connectivity index (χ2n) is 10.4. The van der Waals surface area contributed by atoms with Crippen molar-refractivity contribution in [3.8, 4) is 0 Å². The van der Waals surface area contributed by atoms with Crippen molar-refractivity contribution in [2.24, 2.45) is 0 Å². The lowest BCUT2D eigenvalue weighted by atomic mass is 9.82. The van der Waals surface area contributed by atoms with Gasteiger partial charge in [0.25, 0.3) is 0 Å². The van der Waals surface area contributed by atoms with Gasteiger partial charge in [0.1, 0.15) is 5.82 Å². The third kappa shape index (κ3) is 5.74. The second-order valence-corrected chi connectivity index (χ2v) is 10.4. The molecule has 4 rings (SSSR count). The number of pyridine rings is 2. The summed E-state index contributed by atoms with van der Waals surface area (Å²) in [6.07, 6.45) is 9.37. The van der Waals surface area contributed by atoms with Crippen molar-refractivity contribution in [3.63, 3.8) is 0 Å². The summed E-state index contributed by atoms with van der Waals surface area (Å²) in [7, 11) is 0. The summed E-state index contributed by atoms with van der Waals surface area (Å²) in [6.45, 7) is 10.4. The van der Waals surface area contributed by atoms with Gasteiger partial charge in [-0.25, -0.2) is 4.98 Å². The smallest absolute Gasteiger partial charge is 0.226 e. The number of hydrogen-bond acceptors (Lipinski definition) is 5. The van der Waals surface area contributed by atoms with E-state index in [0.29, 0.717) is 6.42 Å². The van der Waals surface area contributed by atoms with Crippen LogP contribution in [0.3, 0.4) is 0 Å². The fourth-order valence-electron chi connectivity index (χ4n) is 5.25. The first kappa shape index (κ1) is 22.5. The Bertz CT molecular complexity index is 965. The maximum Gasteiger partial charge on any atom is 0.226 e. The zero-order chi connectivity index (χ0) is 22.8. The molecule has 0 saturated carbocycles. The first-order valence-corrected chi connectivity index (χ1v) is 11.6. The van der Waals surface area contributed by atoms with Gasteiger partial charge in [0.15, 0.2) is 0 Å². The normalized spacial score (nSPS) is 22.2. The molecule has 0 spiro atoms. The van der Waals surface area contributed by atoms with E-state index < -0.39 is 0 Å². The minimum absolute atomic E-state index is 0.00721. The van der Waals surface area contributed by atoms with Crippen molar-refractivity contribution in [1.29, 1.82) is 0 Å². The van der Waals surface area contributed by atoms with E-state index in [2.05, 4.69) is 55.5 Å². The molecule has 2 aliphatic heterocycles. The number of carbonyl (C=O) groups is 1. The van der Waals surface area contributed by atoms with Crippen molar-refractivity contribution in [3.05, 3.63) is 60.1 Å². The van der Waals surface area contributed by atoms with E-state index in [1.54, 1.807) is 6.20 Å². The number of carbonyl (C=O) groups excluding carboxylic acids is 1. The zero-order valence-electron chi connectivity index (χ0n) is 19.7. The predicted octanol–water partition coefficient (Wildman–Crippen LogP) is 4.79. The Balaban J connectivity index is 1.38. The van der Waals surface area contributed by atoms with E-state index in [1.807, 2.05) is 35.4 Å². The Morgan fingerprint density at radius 1 is 1.19 bits per heavy atom. The SMILES string of the molecule is CC1(C)C=C(CC(=O)N2CCC[C@@H](c3ccc(Nc4ccccn4)cn3)C2)CC(C)(C)N1. The van der Waals surface area contributed by atoms with Gasteiger partial charge < -0.3 is 15.5 Å². The highest BCUT2D eigenvalue weighted by Gasteiger charge is 2.33. The van der Waals surface area contributed by atoms with Crippen LogP contribution >= 0.6 is 0 Å². The number of hydrogen-bond donors (Lipinski definition) is 2. The van der Waals surface area contributed by atoms with Crippen molar-refractivity contribution < 1.29 is 4.79 Å². The van der Waals surface area contributed by atoms with Gasteiger partial charge in [-0.05, 0) is 71.2 Å². The lowest BCUT2D eigenvalue weighted by Gasteiger charge is -2.41.